The zero-order chi connectivity index (χ0) is 10.4. The van der Waals surface area contributed by atoms with Gasteiger partial charge in [-0.3, -0.25) is 0 Å². The normalized spacial score (nSPS) is 24.4. The van der Waals surface area contributed by atoms with Gasteiger partial charge in [0.1, 0.15) is 0 Å². The summed E-state index contributed by atoms with van der Waals surface area (Å²) in [5.41, 5.74) is 0. The average Bonchev–Trinajstić information content (AvgIpc) is 2.15. The monoisotopic (exact) mass is 218 g/mol. The predicted octanol–water partition coefficient (Wildman–Crippen LogP) is 1.89. The molecule has 1 saturated heterocycles. The number of alkyl halides is 1. The highest BCUT2D eigenvalue weighted by molar-refractivity contribution is 6.18. The van der Waals surface area contributed by atoms with Gasteiger partial charge in [0, 0.05) is 19.0 Å². The van der Waals surface area contributed by atoms with E-state index in [1.165, 1.54) is 38.9 Å². The standard InChI is InChI=1S/C11H23ClN2/c1-13(9-6-12)8-5-11-4-3-7-14(2)10-11/h11H,3-10H2,1-2H3. The lowest BCUT2D eigenvalue weighted by Gasteiger charge is -2.30. The van der Waals surface area contributed by atoms with Gasteiger partial charge in [0.2, 0.25) is 0 Å². The fourth-order valence-electron chi connectivity index (χ4n) is 2.17. The largest absolute Gasteiger partial charge is 0.306 e. The van der Waals surface area contributed by atoms with Gasteiger partial charge < -0.3 is 9.80 Å². The quantitative estimate of drug-likeness (QED) is 0.651. The molecule has 0 aromatic rings. The summed E-state index contributed by atoms with van der Waals surface area (Å²) >= 11 is 5.69. The van der Waals surface area contributed by atoms with Gasteiger partial charge in [0.05, 0.1) is 0 Å². The van der Waals surface area contributed by atoms with Crippen molar-refractivity contribution in [2.45, 2.75) is 19.3 Å². The van der Waals surface area contributed by atoms with E-state index in [4.69, 9.17) is 11.6 Å². The Morgan fingerprint density at radius 2 is 2.21 bits per heavy atom. The highest BCUT2D eigenvalue weighted by Gasteiger charge is 2.16. The number of likely N-dealkylation sites (tertiary alicyclic amines) is 1. The van der Waals surface area contributed by atoms with E-state index in [-0.39, 0.29) is 0 Å². The Kier molecular flexibility index (Phi) is 5.83. The second kappa shape index (κ2) is 6.65. The van der Waals surface area contributed by atoms with Crippen LogP contribution in [0.25, 0.3) is 0 Å². The van der Waals surface area contributed by atoms with Crippen molar-refractivity contribution in [3.63, 3.8) is 0 Å². The van der Waals surface area contributed by atoms with Crippen molar-refractivity contribution in [2.24, 2.45) is 5.92 Å². The summed E-state index contributed by atoms with van der Waals surface area (Å²) in [4.78, 5) is 4.79. The molecule has 2 nitrogen and oxygen atoms in total. The van der Waals surface area contributed by atoms with Gasteiger partial charge in [0.25, 0.3) is 0 Å². The molecule has 0 saturated carbocycles. The molecule has 3 heteroatoms. The lowest BCUT2D eigenvalue weighted by molar-refractivity contribution is 0.187. The van der Waals surface area contributed by atoms with Gasteiger partial charge in [0.15, 0.2) is 0 Å². The number of hydrogen-bond donors (Lipinski definition) is 0. The lowest BCUT2D eigenvalue weighted by Crippen LogP contribution is -2.34. The van der Waals surface area contributed by atoms with Crippen LogP contribution in [0.1, 0.15) is 19.3 Å². The molecule has 1 heterocycles. The SMILES string of the molecule is CN(CCCl)CCC1CCCN(C)C1. The summed E-state index contributed by atoms with van der Waals surface area (Å²) < 4.78 is 0. The molecule has 1 atom stereocenters. The molecule has 0 radical (unpaired) electrons. The third-order valence-corrected chi connectivity index (χ3v) is 3.28. The minimum absolute atomic E-state index is 0.751. The summed E-state index contributed by atoms with van der Waals surface area (Å²) in [7, 11) is 4.39. The van der Waals surface area contributed by atoms with E-state index in [0.717, 1.165) is 18.3 Å². The summed E-state index contributed by atoms with van der Waals surface area (Å²) in [6.45, 7) is 4.79. The maximum absolute atomic E-state index is 5.69. The molecule has 1 rings (SSSR count). The summed E-state index contributed by atoms with van der Waals surface area (Å²) in [5, 5.41) is 0. The van der Waals surface area contributed by atoms with Crippen LogP contribution in [-0.4, -0.2) is 56.0 Å². The van der Waals surface area contributed by atoms with E-state index >= 15 is 0 Å². The first kappa shape index (κ1) is 12.3. The van der Waals surface area contributed by atoms with Gasteiger partial charge in [-0.05, 0) is 52.4 Å². The molecule has 84 valence electrons. The third kappa shape index (κ3) is 4.63. The highest BCUT2D eigenvalue weighted by Crippen LogP contribution is 2.18. The van der Waals surface area contributed by atoms with Crippen LogP contribution in [0.5, 0.6) is 0 Å². The van der Waals surface area contributed by atoms with Crippen LogP contribution in [0.2, 0.25) is 0 Å². The van der Waals surface area contributed by atoms with E-state index in [2.05, 4.69) is 23.9 Å². The fraction of sp³-hybridized carbons (Fsp3) is 1.00. The maximum Gasteiger partial charge on any atom is 0.0351 e. The van der Waals surface area contributed by atoms with Crippen LogP contribution in [-0.2, 0) is 0 Å². The van der Waals surface area contributed by atoms with Gasteiger partial charge in [-0.25, -0.2) is 0 Å². The molecule has 14 heavy (non-hydrogen) atoms. The van der Waals surface area contributed by atoms with Crippen LogP contribution >= 0.6 is 11.6 Å². The first-order valence-corrected chi connectivity index (χ1v) is 6.19. The summed E-state index contributed by atoms with van der Waals surface area (Å²) in [6, 6.07) is 0. The van der Waals surface area contributed by atoms with Crippen molar-refractivity contribution in [3.05, 3.63) is 0 Å². The first-order valence-electron chi connectivity index (χ1n) is 5.65. The van der Waals surface area contributed by atoms with E-state index in [9.17, 15) is 0 Å². The lowest BCUT2D eigenvalue weighted by atomic mass is 9.95. The molecule has 0 spiro atoms. The minimum Gasteiger partial charge on any atom is -0.306 e. The molecular formula is C11H23ClN2. The molecule has 0 N–H and O–H groups in total. The Hall–Kier alpha value is 0.210. The van der Waals surface area contributed by atoms with Crippen molar-refractivity contribution in [3.8, 4) is 0 Å². The molecular weight excluding hydrogens is 196 g/mol. The zero-order valence-electron chi connectivity index (χ0n) is 9.51. The smallest absolute Gasteiger partial charge is 0.0351 e. The van der Waals surface area contributed by atoms with Crippen molar-refractivity contribution >= 4 is 11.6 Å². The molecule has 0 amide bonds. The number of hydrogen-bond acceptors (Lipinski definition) is 2. The first-order chi connectivity index (χ1) is 6.72. The average molecular weight is 219 g/mol. The van der Waals surface area contributed by atoms with E-state index in [1.54, 1.807) is 0 Å². The van der Waals surface area contributed by atoms with Gasteiger partial charge in [-0.15, -0.1) is 11.6 Å². The molecule has 1 aliphatic rings. The second-order valence-corrected chi connectivity index (χ2v) is 4.93. The number of rotatable bonds is 5. The van der Waals surface area contributed by atoms with Crippen molar-refractivity contribution in [1.82, 2.24) is 9.80 Å². The van der Waals surface area contributed by atoms with Crippen LogP contribution in [0, 0.1) is 5.92 Å². The molecule has 0 bridgehead atoms. The Morgan fingerprint density at radius 3 is 2.86 bits per heavy atom. The number of piperidine rings is 1. The van der Waals surface area contributed by atoms with E-state index in [0.29, 0.717) is 0 Å². The van der Waals surface area contributed by atoms with Crippen LogP contribution in [0.3, 0.4) is 0 Å². The van der Waals surface area contributed by atoms with Crippen molar-refractivity contribution in [1.29, 1.82) is 0 Å². The van der Waals surface area contributed by atoms with Crippen molar-refractivity contribution in [2.75, 3.05) is 46.2 Å². The van der Waals surface area contributed by atoms with Crippen LogP contribution in [0.4, 0.5) is 0 Å². The Balaban J connectivity index is 2.10. The molecule has 1 aliphatic heterocycles. The molecule has 0 aromatic heterocycles. The van der Waals surface area contributed by atoms with Crippen LogP contribution in [0.15, 0.2) is 0 Å². The Labute approximate surface area is 93.2 Å². The van der Waals surface area contributed by atoms with Gasteiger partial charge >= 0.3 is 0 Å². The second-order valence-electron chi connectivity index (χ2n) is 4.55. The van der Waals surface area contributed by atoms with Crippen LogP contribution < -0.4 is 0 Å². The maximum atomic E-state index is 5.69. The topological polar surface area (TPSA) is 6.48 Å². The third-order valence-electron chi connectivity index (χ3n) is 3.11. The molecule has 0 aliphatic carbocycles. The summed E-state index contributed by atoms with van der Waals surface area (Å²) in [6.07, 6.45) is 4.12. The fourth-order valence-corrected chi connectivity index (χ4v) is 2.46. The molecule has 1 fully saturated rings. The van der Waals surface area contributed by atoms with Crippen molar-refractivity contribution < 1.29 is 0 Å². The predicted molar refractivity (Wildman–Crippen MR) is 63.1 cm³/mol. The van der Waals surface area contributed by atoms with E-state index < -0.39 is 0 Å². The minimum atomic E-state index is 0.751. The summed E-state index contributed by atoms with van der Waals surface area (Å²) in [5.74, 6) is 1.66. The van der Waals surface area contributed by atoms with E-state index in [1.807, 2.05) is 0 Å². The molecule has 1 unspecified atom stereocenters. The Bertz CT molecular complexity index is 152. The number of halogens is 1. The van der Waals surface area contributed by atoms with Gasteiger partial charge in [-0.1, -0.05) is 0 Å². The molecule has 0 aromatic carbocycles. The highest BCUT2D eigenvalue weighted by atomic mass is 35.5. The number of nitrogens with zero attached hydrogens (tertiary/aromatic N) is 2. The van der Waals surface area contributed by atoms with Gasteiger partial charge in [-0.2, -0.15) is 0 Å². The zero-order valence-corrected chi connectivity index (χ0v) is 10.3. The Morgan fingerprint density at radius 1 is 1.43 bits per heavy atom.